The van der Waals surface area contributed by atoms with E-state index in [1.54, 1.807) is 18.7 Å². The number of hydrogen-bond acceptors (Lipinski definition) is 4. The van der Waals surface area contributed by atoms with Crippen LogP contribution in [0.4, 0.5) is 0 Å². The first-order valence-electron chi connectivity index (χ1n) is 8.70. The molecule has 132 valence electrons. The van der Waals surface area contributed by atoms with Crippen LogP contribution in [0.3, 0.4) is 0 Å². The molecule has 3 aromatic rings. The summed E-state index contributed by atoms with van der Waals surface area (Å²) in [5, 5.41) is 0. The molecule has 0 radical (unpaired) electrons. The normalized spacial score (nSPS) is 15.8. The highest BCUT2D eigenvalue weighted by Crippen LogP contribution is 2.28. The summed E-state index contributed by atoms with van der Waals surface area (Å²) in [6, 6.07) is 15.5. The van der Waals surface area contributed by atoms with E-state index in [1.165, 1.54) is 0 Å². The topological polar surface area (TPSA) is 55.6 Å². The monoisotopic (exact) mass is 348 g/mol. The van der Waals surface area contributed by atoms with Crippen molar-refractivity contribution in [3.63, 3.8) is 0 Å². The fraction of sp³-hybridized carbons (Fsp3) is 0.238. The van der Waals surface area contributed by atoms with E-state index in [2.05, 4.69) is 4.98 Å². The van der Waals surface area contributed by atoms with Crippen molar-refractivity contribution >= 4 is 5.91 Å². The molecule has 0 fully saturated rings. The van der Waals surface area contributed by atoms with Crippen LogP contribution in [0.2, 0.25) is 0 Å². The zero-order valence-electron chi connectivity index (χ0n) is 14.4. The molecular formula is C21H20N2O3. The van der Waals surface area contributed by atoms with Gasteiger partial charge in [-0.15, -0.1) is 0 Å². The lowest BCUT2D eigenvalue weighted by Crippen LogP contribution is -2.40. The van der Waals surface area contributed by atoms with Gasteiger partial charge < -0.3 is 14.1 Å². The first-order chi connectivity index (χ1) is 12.8. The largest absolute Gasteiger partial charge is 0.492 e. The van der Waals surface area contributed by atoms with E-state index in [-0.39, 0.29) is 11.8 Å². The van der Waals surface area contributed by atoms with E-state index in [4.69, 9.17) is 9.15 Å². The Morgan fingerprint density at radius 1 is 1.12 bits per heavy atom. The van der Waals surface area contributed by atoms with Gasteiger partial charge in [0.05, 0.1) is 18.7 Å². The summed E-state index contributed by atoms with van der Waals surface area (Å²) in [5.74, 6) is 1.51. The third kappa shape index (κ3) is 3.61. The molecule has 2 aromatic heterocycles. The van der Waals surface area contributed by atoms with Crippen LogP contribution in [0, 0.1) is 5.92 Å². The van der Waals surface area contributed by atoms with Gasteiger partial charge in [-0.2, -0.15) is 0 Å². The van der Waals surface area contributed by atoms with Crippen molar-refractivity contribution in [1.29, 1.82) is 0 Å². The van der Waals surface area contributed by atoms with Gasteiger partial charge in [0, 0.05) is 18.9 Å². The standard InChI is InChI=1S/C21H20N2O3/c24-21(18-11-17-6-1-2-8-20(17)26-15-18)23(14-19-7-4-10-25-19)13-16-5-3-9-22-12-16/h1-10,12,18H,11,13-15H2. The van der Waals surface area contributed by atoms with Gasteiger partial charge in [0.1, 0.15) is 18.1 Å². The van der Waals surface area contributed by atoms with Crippen molar-refractivity contribution in [3.05, 3.63) is 84.1 Å². The number of ether oxygens (including phenoxy) is 1. The summed E-state index contributed by atoms with van der Waals surface area (Å²) < 4.78 is 11.3. The van der Waals surface area contributed by atoms with E-state index in [9.17, 15) is 4.79 Å². The fourth-order valence-electron chi connectivity index (χ4n) is 3.26. The number of fused-ring (bicyclic) bond motifs is 1. The van der Waals surface area contributed by atoms with Crippen LogP contribution in [0.15, 0.2) is 71.6 Å². The number of amides is 1. The summed E-state index contributed by atoms with van der Waals surface area (Å²) in [6.07, 6.45) is 5.84. The molecular weight excluding hydrogens is 328 g/mol. The molecule has 26 heavy (non-hydrogen) atoms. The number of hydrogen-bond donors (Lipinski definition) is 0. The molecule has 0 bridgehead atoms. The Morgan fingerprint density at radius 3 is 2.85 bits per heavy atom. The Balaban J connectivity index is 1.54. The van der Waals surface area contributed by atoms with E-state index in [1.807, 2.05) is 53.4 Å². The fourth-order valence-corrected chi connectivity index (χ4v) is 3.26. The number of aromatic nitrogens is 1. The molecule has 1 aromatic carbocycles. The first kappa shape index (κ1) is 16.4. The molecule has 0 spiro atoms. The quantitative estimate of drug-likeness (QED) is 0.709. The van der Waals surface area contributed by atoms with E-state index in [0.717, 1.165) is 22.6 Å². The number of pyridine rings is 1. The second kappa shape index (κ2) is 7.44. The summed E-state index contributed by atoms with van der Waals surface area (Å²) in [6.45, 7) is 1.32. The molecule has 1 aliphatic heterocycles. The zero-order valence-corrected chi connectivity index (χ0v) is 14.4. The lowest BCUT2D eigenvalue weighted by Gasteiger charge is -2.30. The number of furan rings is 1. The predicted octanol–water partition coefficient (Wildman–Crippen LogP) is 3.45. The third-order valence-corrected chi connectivity index (χ3v) is 4.56. The summed E-state index contributed by atoms with van der Waals surface area (Å²) in [7, 11) is 0. The lowest BCUT2D eigenvalue weighted by atomic mass is 9.95. The van der Waals surface area contributed by atoms with Gasteiger partial charge >= 0.3 is 0 Å². The molecule has 0 saturated carbocycles. The smallest absolute Gasteiger partial charge is 0.230 e. The second-order valence-corrected chi connectivity index (χ2v) is 6.45. The van der Waals surface area contributed by atoms with Gasteiger partial charge in [-0.05, 0) is 41.8 Å². The van der Waals surface area contributed by atoms with E-state index >= 15 is 0 Å². The van der Waals surface area contributed by atoms with Crippen LogP contribution in [0.1, 0.15) is 16.9 Å². The summed E-state index contributed by atoms with van der Waals surface area (Å²) >= 11 is 0. The van der Waals surface area contributed by atoms with Crippen LogP contribution >= 0.6 is 0 Å². The molecule has 3 heterocycles. The van der Waals surface area contributed by atoms with Gasteiger partial charge in [0.2, 0.25) is 5.91 Å². The molecule has 5 nitrogen and oxygen atoms in total. The molecule has 0 aliphatic carbocycles. The maximum absolute atomic E-state index is 13.2. The second-order valence-electron chi connectivity index (χ2n) is 6.45. The minimum Gasteiger partial charge on any atom is -0.492 e. The number of para-hydroxylation sites is 1. The lowest BCUT2D eigenvalue weighted by molar-refractivity contribution is -0.138. The maximum atomic E-state index is 13.2. The maximum Gasteiger partial charge on any atom is 0.230 e. The molecule has 1 amide bonds. The van der Waals surface area contributed by atoms with Crippen molar-refractivity contribution in [2.75, 3.05) is 6.61 Å². The number of carbonyl (C=O) groups excluding carboxylic acids is 1. The molecule has 1 aliphatic rings. The van der Waals surface area contributed by atoms with Gasteiger partial charge in [-0.1, -0.05) is 24.3 Å². The molecule has 5 heteroatoms. The Kier molecular flexibility index (Phi) is 4.69. The van der Waals surface area contributed by atoms with E-state index < -0.39 is 0 Å². The Hall–Kier alpha value is -3.08. The van der Waals surface area contributed by atoms with Crippen LogP contribution < -0.4 is 4.74 Å². The van der Waals surface area contributed by atoms with Crippen LogP contribution in [-0.2, 0) is 24.3 Å². The van der Waals surface area contributed by atoms with Gasteiger partial charge in [-0.3, -0.25) is 9.78 Å². The summed E-state index contributed by atoms with van der Waals surface area (Å²) in [4.78, 5) is 19.2. The molecule has 4 rings (SSSR count). The molecule has 1 atom stereocenters. The SMILES string of the molecule is O=C(C1COc2ccccc2C1)N(Cc1cccnc1)Cc1ccco1. The predicted molar refractivity (Wildman–Crippen MR) is 96.3 cm³/mol. The highest BCUT2D eigenvalue weighted by molar-refractivity contribution is 5.79. The summed E-state index contributed by atoms with van der Waals surface area (Å²) in [5.41, 5.74) is 2.07. The Bertz CT molecular complexity index is 862. The molecule has 0 saturated heterocycles. The van der Waals surface area contributed by atoms with Crippen molar-refractivity contribution in [3.8, 4) is 5.75 Å². The van der Waals surface area contributed by atoms with Crippen molar-refractivity contribution in [2.24, 2.45) is 5.92 Å². The third-order valence-electron chi connectivity index (χ3n) is 4.56. The van der Waals surface area contributed by atoms with Crippen LogP contribution in [0.25, 0.3) is 0 Å². The van der Waals surface area contributed by atoms with Crippen molar-refractivity contribution in [1.82, 2.24) is 9.88 Å². The van der Waals surface area contributed by atoms with Crippen LogP contribution in [-0.4, -0.2) is 22.4 Å². The molecule has 1 unspecified atom stereocenters. The Labute approximate surface area is 152 Å². The average molecular weight is 348 g/mol. The zero-order chi connectivity index (χ0) is 17.8. The highest BCUT2D eigenvalue weighted by atomic mass is 16.5. The van der Waals surface area contributed by atoms with E-state index in [0.29, 0.717) is 26.1 Å². The van der Waals surface area contributed by atoms with Crippen molar-refractivity contribution < 1.29 is 13.9 Å². The van der Waals surface area contributed by atoms with Gasteiger partial charge in [0.15, 0.2) is 0 Å². The number of carbonyl (C=O) groups is 1. The highest BCUT2D eigenvalue weighted by Gasteiger charge is 2.30. The Morgan fingerprint density at radius 2 is 2.04 bits per heavy atom. The van der Waals surface area contributed by atoms with Gasteiger partial charge in [0.25, 0.3) is 0 Å². The number of benzene rings is 1. The van der Waals surface area contributed by atoms with Gasteiger partial charge in [-0.25, -0.2) is 0 Å². The minimum atomic E-state index is -0.198. The average Bonchev–Trinajstić information content (AvgIpc) is 3.20. The molecule has 0 N–H and O–H groups in total. The van der Waals surface area contributed by atoms with Crippen molar-refractivity contribution in [2.45, 2.75) is 19.5 Å². The number of rotatable bonds is 5. The minimum absolute atomic E-state index is 0.0692. The van der Waals surface area contributed by atoms with Crippen LogP contribution in [0.5, 0.6) is 5.75 Å². The number of nitrogens with zero attached hydrogens (tertiary/aromatic N) is 2. The first-order valence-corrected chi connectivity index (χ1v) is 8.70.